The zero-order valence-electron chi connectivity index (χ0n) is 14.4. The Bertz CT molecular complexity index is 820. The fourth-order valence-electron chi connectivity index (χ4n) is 3.60. The molecular weight excluding hydrogens is 486 g/mol. The van der Waals surface area contributed by atoms with Gasteiger partial charge in [0, 0.05) is 26.1 Å². The molecule has 0 bridgehead atoms. The van der Waals surface area contributed by atoms with Gasteiger partial charge in [-0.25, -0.2) is 0 Å². The average molecular weight is 509 g/mol. The van der Waals surface area contributed by atoms with Crippen LogP contribution in [0.2, 0.25) is 0 Å². The Labute approximate surface area is 162 Å². The van der Waals surface area contributed by atoms with Crippen molar-refractivity contribution in [2.45, 2.75) is 45.1 Å². The Morgan fingerprint density at radius 2 is 1.76 bits per heavy atom. The van der Waals surface area contributed by atoms with E-state index in [0.29, 0.717) is 6.04 Å². The molecule has 0 spiro atoms. The molecule has 4 heteroatoms. The Kier molecular flexibility index (Phi) is 5.82. The van der Waals surface area contributed by atoms with Crippen LogP contribution in [0, 0.1) is 13.0 Å². The summed E-state index contributed by atoms with van der Waals surface area (Å²) in [4.78, 5) is 4.71. The van der Waals surface area contributed by atoms with Gasteiger partial charge in [0.1, 0.15) is 5.82 Å². The first-order valence-electron chi connectivity index (χ1n) is 8.82. The average Bonchev–Trinajstić information content (AvgIpc) is 3.05. The van der Waals surface area contributed by atoms with E-state index in [1.807, 2.05) is 19.1 Å². The second kappa shape index (κ2) is 8.07. The number of nitrogens with zero attached hydrogens (tertiary/aromatic N) is 3. The van der Waals surface area contributed by atoms with Crippen molar-refractivity contribution < 1.29 is 20.1 Å². The van der Waals surface area contributed by atoms with Gasteiger partial charge in [0.15, 0.2) is 0 Å². The fourth-order valence-corrected chi connectivity index (χ4v) is 3.60. The molecule has 131 valence electrons. The minimum Gasteiger partial charge on any atom is -0.283 e. The van der Waals surface area contributed by atoms with Crippen LogP contribution in [-0.4, -0.2) is 14.8 Å². The number of benzene rings is 2. The number of aromatic nitrogens is 3. The fraction of sp³-hybridized carbons (Fsp3) is 0.333. The molecule has 2 aromatic carbocycles. The molecule has 1 fully saturated rings. The number of hydrogen-bond donors (Lipinski definition) is 0. The zero-order chi connectivity index (χ0) is 16.4. The molecular formula is C21H22IrN3-. The van der Waals surface area contributed by atoms with Crippen LogP contribution in [0.4, 0.5) is 0 Å². The Morgan fingerprint density at radius 3 is 2.52 bits per heavy atom. The summed E-state index contributed by atoms with van der Waals surface area (Å²) < 4.78 is 2.15. The first-order chi connectivity index (χ1) is 11.8. The standard InChI is InChI=1S/C21H22N3.Ir/c1-16-22-21(24(23-16)20-13-6-3-7-14-20)19-12-8-11-18(15-19)17-9-4-2-5-10-17;/h2,4-5,8-11,15,20H,3,6-7,13-14H2,1H3;/q-1;. The molecule has 0 aliphatic heterocycles. The van der Waals surface area contributed by atoms with Crippen molar-refractivity contribution in [2.75, 3.05) is 0 Å². The van der Waals surface area contributed by atoms with E-state index in [1.54, 1.807) is 0 Å². The van der Waals surface area contributed by atoms with Gasteiger partial charge in [0.05, 0.1) is 5.82 Å². The van der Waals surface area contributed by atoms with E-state index in [9.17, 15) is 0 Å². The number of aryl methyl sites for hydroxylation is 1. The third kappa shape index (κ3) is 3.91. The van der Waals surface area contributed by atoms with Crippen molar-refractivity contribution in [3.8, 4) is 22.5 Å². The second-order valence-electron chi connectivity index (χ2n) is 6.58. The van der Waals surface area contributed by atoms with E-state index in [4.69, 9.17) is 10.1 Å². The van der Waals surface area contributed by atoms with E-state index in [1.165, 1.54) is 43.2 Å². The summed E-state index contributed by atoms with van der Waals surface area (Å²) in [5, 5.41) is 4.70. The van der Waals surface area contributed by atoms with Crippen molar-refractivity contribution in [3.05, 3.63) is 60.4 Å². The van der Waals surface area contributed by atoms with E-state index in [-0.39, 0.29) is 20.1 Å². The van der Waals surface area contributed by atoms with Crippen molar-refractivity contribution >= 4 is 0 Å². The van der Waals surface area contributed by atoms with Gasteiger partial charge in [-0.05, 0) is 25.3 Å². The number of hydrogen-bond acceptors (Lipinski definition) is 2. The van der Waals surface area contributed by atoms with E-state index >= 15 is 0 Å². The summed E-state index contributed by atoms with van der Waals surface area (Å²) in [6.07, 6.45) is 6.32. The molecule has 0 N–H and O–H groups in total. The van der Waals surface area contributed by atoms with Gasteiger partial charge in [-0.2, -0.15) is 5.10 Å². The Balaban J connectivity index is 0.00000182. The summed E-state index contributed by atoms with van der Waals surface area (Å²) in [6.45, 7) is 1.98. The summed E-state index contributed by atoms with van der Waals surface area (Å²) in [6, 6.07) is 20.6. The maximum atomic E-state index is 4.71. The first-order valence-corrected chi connectivity index (χ1v) is 8.82. The molecule has 1 saturated carbocycles. The quantitative estimate of drug-likeness (QED) is 0.454. The molecule has 3 aromatic rings. The summed E-state index contributed by atoms with van der Waals surface area (Å²) >= 11 is 0. The van der Waals surface area contributed by atoms with Crippen LogP contribution in [0.15, 0.2) is 48.5 Å². The Morgan fingerprint density at radius 1 is 1.00 bits per heavy atom. The van der Waals surface area contributed by atoms with Gasteiger partial charge >= 0.3 is 0 Å². The topological polar surface area (TPSA) is 30.7 Å². The molecule has 1 radical (unpaired) electrons. The summed E-state index contributed by atoms with van der Waals surface area (Å²) in [5.41, 5.74) is 3.44. The van der Waals surface area contributed by atoms with Crippen LogP contribution in [-0.2, 0) is 20.1 Å². The monoisotopic (exact) mass is 509 g/mol. The van der Waals surface area contributed by atoms with Crippen LogP contribution in [0.5, 0.6) is 0 Å². The van der Waals surface area contributed by atoms with Crippen LogP contribution in [0.3, 0.4) is 0 Å². The minimum absolute atomic E-state index is 0. The molecule has 1 aliphatic rings. The molecule has 3 nitrogen and oxygen atoms in total. The van der Waals surface area contributed by atoms with Crippen molar-refractivity contribution in [2.24, 2.45) is 0 Å². The van der Waals surface area contributed by atoms with Crippen molar-refractivity contribution in [1.82, 2.24) is 14.8 Å². The second-order valence-corrected chi connectivity index (χ2v) is 6.58. The van der Waals surface area contributed by atoms with Gasteiger partial charge < -0.3 is 0 Å². The minimum atomic E-state index is 0. The molecule has 1 aliphatic carbocycles. The molecule has 0 unspecified atom stereocenters. The van der Waals surface area contributed by atoms with Gasteiger partial charge in [0.25, 0.3) is 0 Å². The van der Waals surface area contributed by atoms with Crippen LogP contribution in [0.25, 0.3) is 22.5 Å². The van der Waals surface area contributed by atoms with E-state index in [0.717, 1.165) is 17.2 Å². The smallest absolute Gasteiger partial charge is 0.137 e. The maximum absolute atomic E-state index is 4.71. The predicted octanol–water partition coefficient (Wildman–Crippen LogP) is 5.22. The van der Waals surface area contributed by atoms with Crippen LogP contribution >= 0.6 is 0 Å². The van der Waals surface area contributed by atoms with Gasteiger partial charge in [0.2, 0.25) is 0 Å². The molecule has 4 rings (SSSR count). The van der Waals surface area contributed by atoms with Crippen LogP contribution < -0.4 is 0 Å². The largest absolute Gasteiger partial charge is 0.283 e. The maximum Gasteiger partial charge on any atom is 0.137 e. The molecule has 25 heavy (non-hydrogen) atoms. The zero-order valence-corrected chi connectivity index (χ0v) is 16.8. The molecule has 0 saturated heterocycles. The predicted molar refractivity (Wildman–Crippen MR) is 96.6 cm³/mol. The summed E-state index contributed by atoms with van der Waals surface area (Å²) in [7, 11) is 0. The Hall–Kier alpha value is -1.77. The molecule has 1 aromatic heterocycles. The third-order valence-corrected chi connectivity index (χ3v) is 4.81. The third-order valence-electron chi connectivity index (χ3n) is 4.81. The molecule has 1 heterocycles. The van der Waals surface area contributed by atoms with Crippen LogP contribution in [0.1, 0.15) is 44.0 Å². The molecule has 0 atom stereocenters. The van der Waals surface area contributed by atoms with Gasteiger partial charge in [-0.1, -0.05) is 49.6 Å². The molecule has 0 amide bonds. The summed E-state index contributed by atoms with van der Waals surface area (Å²) in [5.74, 6) is 1.80. The van der Waals surface area contributed by atoms with Crippen molar-refractivity contribution in [1.29, 1.82) is 0 Å². The van der Waals surface area contributed by atoms with Crippen molar-refractivity contribution in [3.63, 3.8) is 0 Å². The first kappa shape index (κ1) is 18.0. The van der Waals surface area contributed by atoms with E-state index in [2.05, 4.69) is 47.1 Å². The van der Waals surface area contributed by atoms with Gasteiger partial charge in [-0.3, -0.25) is 9.67 Å². The van der Waals surface area contributed by atoms with E-state index < -0.39 is 0 Å². The SMILES string of the molecule is Cc1nc(-c2[c-]ccc(-c3ccccc3)c2)n(C2CCCCC2)n1.[Ir]. The van der Waals surface area contributed by atoms with Gasteiger partial charge in [-0.15, -0.1) is 35.4 Å². The number of rotatable bonds is 3. The normalized spacial score (nSPS) is 14.9.